The van der Waals surface area contributed by atoms with Crippen molar-refractivity contribution in [3.8, 4) is 0 Å². The normalized spacial score (nSPS) is 16.8. The van der Waals surface area contributed by atoms with Gasteiger partial charge in [0.05, 0.1) is 0 Å². The Hall–Kier alpha value is -0.210. The number of hydrogen-bond donors (Lipinski definition) is 0. The largest absolute Gasteiger partial charge is 0.371 e. The minimum absolute atomic E-state index is 0.826. The topological polar surface area (TPSA) is 3.24 Å². The molecule has 2 rings (SSSR count). The van der Waals surface area contributed by atoms with E-state index in [-0.39, 0.29) is 0 Å². The molecular weight excluding hydrogens is 273 g/mol. The number of anilines is 1. The lowest BCUT2D eigenvalue weighted by Gasteiger charge is -2.29. The van der Waals surface area contributed by atoms with E-state index in [1.54, 1.807) is 0 Å². The van der Waals surface area contributed by atoms with E-state index in [4.69, 9.17) is 11.6 Å². The van der Waals surface area contributed by atoms with E-state index in [1.165, 1.54) is 38.0 Å². The summed E-state index contributed by atoms with van der Waals surface area (Å²) in [6.45, 7) is 2.34. The quantitative estimate of drug-likeness (QED) is 0.736. The van der Waals surface area contributed by atoms with E-state index in [9.17, 15) is 0 Å². The van der Waals surface area contributed by atoms with E-state index >= 15 is 0 Å². The summed E-state index contributed by atoms with van der Waals surface area (Å²) >= 11 is 9.62. The summed E-state index contributed by atoms with van der Waals surface area (Å²) in [5.41, 5.74) is 2.43. The van der Waals surface area contributed by atoms with E-state index in [0.29, 0.717) is 0 Å². The second-order valence-electron chi connectivity index (χ2n) is 3.96. The summed E-state index contributed by atoms with van der Waals surface area (Å²) in [5.74, 6) is 0. The molecule has 0 bridgehead atoms. The molecule has 15 heavy (non-hydrogen) atoms. The second-order valence-corrected chi connectivity index (χ2v) is 4.92. The molecule has 0 spiro atoms. The smallest absolute Gasteiger partial charge is 0.0467 e. The van der Waals surface area contributed by atoms with Gasteiger partial charge in [0.2, 0.25) is 0 Å². The maximum atomic E-state index is 6.19. The van der Waals surface area contributed by atoms with Gasteiger partial charge in [-0.1, -0.05) is 33.6 Å². The molecule has 3 heteroatoms. The first kappa shape index (κ1) is 11.3. The summed E-state index contributed by atoms with van der Waals surface area (Å²) in [5, 5.41) is 1.70. The van der Waals surface area contributed by atoms with Crippen LogP contribution in [0.3, 0.4) is 0 Å². The lowest BCUT2D eigenvalue weighted by Crippen LogP contribution is -2.29. The highest BCUT2D eigenvalue weighted by atomic mass is 79.9. The highest BCUT2D eigenvalue weighted by Gasteiger charge is 2.11. The van der Waals surface area contributed by atoms with Crippen LogP contribution in [0, 0.1) is 0 Å². The predicted molar refractivity (Wildman–Crippen MR) is 70.1 cm³/mol. The first-order valence-electron chi connectivity index (χ1n) is 5.40. The van der Waals surface area contributed by atoms with Crippen molar-refractivity contribution in [3.05, 3.63) is 28.8 Å². The molecule has 1 heterocycles. The number of halogens is 2. The standard InChI is InChI=1S/C12H15BrClN/c13-9-10-4-5-11(8-12(10)14)15-6-2-1-3-7-15/h4-5,8H,1-3,6-7,9H2. The van der Waals surface area contributed by atoms with Crippen LogP contribution >= 0.6 is 27.5 Å². The minimum atomic E-state index is 0.826. The highest BCUT2D eigenvalue weighted by Crippen LogP contribution is 2.27. The van der Waals surface area contributed by atoms with Crippen LogP contribution < -0.4 is 4.90 Å². The summed E-state index contributed by atoms with van der Waals surface area (Å²) in [6.07, 6.45) is 3.97. The van der Waals surface area contributed by atoms with Crippen molar-refractivity contribution in [1.29, 1.82) is 0 Å². The third-order valence-electron chi connectivity index (χ3n) is 2.90. The summed E-state index contributed by atoms with van der Waals surface area (Å²) in [4.78, 5) is 2.42. The van der Waals surface area contributed by atoms with Crippen LogP contribution in [0.1, 0.15) is 24.8 Å². The number of hydrogen-bond acceptors (Lipinski definition) is 1. The molecule has 0 saturated carbocycles. The SMILES string of the molecule is Clc1cc(N2CCCCC2)ccc1CBr. The first-order valence-corrected chi connectivity index (χ1v) is 6.90. The molecule has 1 saturated heterocycles. The van der Waals surface area contributed by atoms with E-state index in [2.05, 4.69) is 39.0 Å². The number of alkyl halides is 1. The van der Waals surface area contributed by atoms with Crippen molar-refractivity contribution in [2.45, 2.75) is 24.6 Å². The molecule has 0 radical (unpaired) electrons. The van der Waals surface area contributed by atoms with Crippen LogP contribution in [-0.2, 0) is 5.33 Å². The van der Waals surface area contributed by atoms with Gasteiger partial charge in [-0.3, -0.25) is 0 Å². The van der Waals surface area contributed by atoms with Gasteiger partial charge in [0.1, 0.15) is 0 Å². The molecule has 1 fully saturated rings. The number of nitrogens with zero attached hydrogens (tertiary/aromatic N) is 1. The number of rotatable bonds is 2. The van der Waals surface area contributed by atoms with Crippen molar-refractivity contribution in [3.63, 3.8) is 0 Å². The van der Waals surface area contributed by atoms with Gasteiger partial charge in [-0.05, 0) is 37.0 Å². The van der Waals surface area contributed by atoms with Gasteiger partial charge in [-0.25, -0.2) is 0 Å². The Bertz CT molecular complexity index is 334. The van der Waals surface area contributed by atoms with Crippen molar-refractivity contribution in [1.82, 2.24) is 0 Å². The Morgan fingerprint density at radius 2 is 1.93 bits per heavy atom. The summed E-state index contributed by atoms with van der Waals surface area (Å²) in [7, 11) is 0. The van der Waals surface area contributed by atoms with Crippen molar-refractivity contribution < 1.29 is 0 Å². The van der Waals surface area contributed by atoms with Gasteiger partial charge in [-0.2, -0.15) is 0 Å². The Balaban J connectivity index is 2.17. The third-order valence-corrected chi connectivity index (χ3v) is 3.86. The predicted octanol–water partition coefficient (Wildman–Crippen LogP) is 4.23. The number of piperidine rings is 1. The average molecular weight is 289 g/mol. The second kappa shape index (κ2) is 5.22. The van der Waals surface area contributed by atoms with Crippen LogP contribution in [0.15, 0.2) is 18.2 Å². The summed E-state index contributed by atoms with van der Waals surface area (Å²) < 4.78 is 0. The fraction of sp³-hybridized carbons (Fsp3) is 0.500. The van der Waals surface area contributed by atoms with Crippen molar-refractivity contribution in [2.24, 2.45) is 0 Å². The van der Waals surface area contributed by atoms with Crippen LogP contribution in [0.25, 0.3) is 0 Å². The number of benzene rings is 1. The van der Waals surface area contributed by atoms with Crippen LogP contribution in [0.4, 0.5) is 5.69 Å². The molecule has 0 atom stereocenters. The lowest BCUT2D eigenvalue weighted by atomic mass is 10.1. The highest BCUT2D eigenvalue weighted by molar-refractivity contribution is 9.08. The molecule has 0 aliphatic carbocycles. The third kappa shape index (κ3) is 2.67. The molecular formula is C12H15BrClN. The lowest BCUT2D eigenvalue weighted by molar-refractivity contribution is 0.578. The fourth-order valence-electron chi connectivity index (χ4n) is 1.99. The molecule has 1 nitrogen and oxygen atoms in total. The summed E-state index contributed by atoms with van der Waals surface area (Å²) in [6, 6.07) is 6.37. The Labute approximate surface area is 105 Å². The van der Waals surface area contributed by atoms with Crippen molar-refractivity contribution in [2.75, 3.05) is 18.0 Å². The fourth-order valence-corrected chi connectivity index (χ4v) is 2.89. The van der Waals surface area contributed by atoms with Gasteiger partial charge in [0, 0.05) is 29.1 Å². The molecule has 0 N–H and O–H groups in total. The maximum Gasteiger partial charge on any atom is 0.0467 e. The first-order chi connectivity index (χ1) is 7.31. The average Bonchev–Trinajstić information content (AvgIpc) is 2.30. The zero-order chi connectivity index (χ0) is 10.7. The minimum Gasteiger partial charge on any atom is -0.371 e. The molecule has 1 aliphatic heterocycles. The van der Waals surface area contributed by atoms with E-state index in [1.807, 2.05) is 0 Å². The molecule has 1 aliphatic rings. The van der Waals surface area contributed by atoms with Gasteiger partial charge >= 0.3 is 0 Å². The van der Waals surface area contributed by atoms with Crippen molar-refractivity contribution >= 4 is 33.2 Å². The maximum absolute atomic E-state index is 6.19. The Morgan fingerprint density at radius 3 is 2.53 bits per heavy atom. The van der Waals surface area contributed by atoms with Gasteiger partial charge in [-0.15, -0.1) is 0 Å². The molecule has 0 aromatic heterocycles. The van der Waals surface area contributed by atoms with E-state index < -0.39 is 0 Å². The zero-order valence-electron chi connectivity index (χ0n) is 8.68. The molecule has 0 unspecified atom stereocenters. The van der Waals surface area contributed by atoms with Crippen LogP contribution in [0.2, 0.25) is 5.02 Å². The molecule has 82 valence electrons. The molecule has 1 aromatic rings. The van der Waals surface area contributed by atoms with Crippen LogP contribution in [0.5, 0.6) is 0 Å². The monoisotopic (exact) mass is 287 g/mol. The zero-order valence-corrected chi connectivity index (χ0v) is 11.0. The molecule has 1 aromatic carbocycles. The Morgan fingerprint density at radius 1 is 1.20 bits per heavy atom. The van der Waals surface area contributed by atoms with Crippen LogP contribution in [-0.4, -0.2) is 13.1 Å². The molecule has 0 amide bonds. The van der Waals surface area contributed by atoms with E-state index in [0.717, 1.165) is 15.9 Å². The Kier molecular flexibility index (Phi) is 3.92. The van der Waals surface area contributed by atoms with Gasteiger partial charge in [0.25, 0.3) is 0 Å². The van der Waals surface area contributed by atoms with Gasteiger partial charge < -0.3 is 4.90 Å². The van der Waals surface area contributed by atoms with Gasteiger partial charge in [0.15, 0.2) is 0 Å².